The number of fused-ring (bicyclic) bond motifs is 1. The normalized spacial score (nSPS) is 17.1. The van der Waals surface area contributed by atoms with Gasteiger partial charge in [-0.2, -0.15) is 0 Å². The molecule has 210 valence electrons. The van der Waals surface area contributed by atoms with Crippen LogP contribution < -0.4 is 5.32 Å². The fourth-order valence-corrected chi connectivity index (χ4v) is 6.41. The van der Waals surface area contributed by atoms with Gasteiger partial charge in [-0.05, 0) is 48.5 Å². The van der Waals surface area contributed by atoms with Crippen molar-refractivity contribution < 1.29 is 9.59 Å². The number of rotatable bonds is 7. The lowest BCUT2D eigenvalue weighted by Crippen LogP contribution is -2.52. The van der Waals surface area contributed by atoms with Gasteiger partial charge in [-0.3, -0.25) is 19.4 Å². The Kier molecular flexibility index (Phi) is 8.40. The van der Waals surface area contributed by atoms with Crippen LogP contribution in [-0.4, -0.2) is 72.3 Å². The fraction of sp³-hybridized carbons (Fsp3) is 0.314. The van der Waals surface area contributed by atoms with Crippen LogP contribution in [-0.2, 0) is 9.59 Å². The van der Waals surface area contributed by atoms with E-state index in [1.54, 1.807) is 0 Å². The van der Waals surface area contributed by atoms with Crippen molar-refractivity contribution >= 4 is 28.3 Å². The highest BCUT2D eigenvalue weighted by Crippen LogP contribution is 2.30. The van der Waals surface area contributed by atoms with E-state index in [0.717, 1.165) is 68.6 Å². The highest BCUT2D eigenvalue weighted by Gasteiger charge is 2.33. The summed E-state index contributed by atoms with van der Waals surface area (Å²) in [6.45, 7) is 5.10. The first-order valence-corrected chi connectivity index (χ1v) is 14.8. The van der Waals surface area contributed by atoms with Crippen LogP contribution in [0, 0.1) is 5.92 Å². The number of nitrogens with one attached hydrogen (secondary N) is 1. The van der Waals surface area contributed by atoms with Gasteiger partial charge in [0.05, 0.1) is 12.6 Å². The molecule has 2 heterocycles. The molecule has 1 N–H and O–H groups in total. The van der Waals surface area contributed by atoms with Crippen LogP contribution >= 0.6 is 0 Å². The molecule has 0 spiro atoms. The van der Waals surface area contributed by atoms with Crippen molar-refractivity contribution in [2.24, 2.45) is 5.92 Å². The molecule has 6 heteroatoms. The van der Waals surface area contributed by atoms with Gasteiger partial charge in [0, 0.05) is 43.2 Å². The molecule has 2 saturated heterocycles. The van der Waals surface area contributed by atoms with Gasteiger partial charge in [-0.1, -0.05) is 97.1 Å². The van der Waals surface area contributed by atoms with E-state index in [9.17, 15) is 9.59 Å². The third kappa shape index (κ3) is 6.34. The molecule has 0 radical (unpaired) electrons. The van der Waals surface area contributed by atoms with Gasteiger partial charge in [0.15, 0.2) is 0 Å². The van der Waals surface area contributed by atoms with Crippen LogP contribution in [0.15, 0.2) is 103 Å². The van der Waals surface area contributed by atoms with Crippen LogP contribution in [0.25, 0.3) is 10.8 Å². The fourth-order valence-electron chi connectivity index (χ4n) is 6.41. The number of carbonyl (C=O) groups excluding carboxylic acids is 2. The first kappa shape index (κ1) is 27.2. The van der Waals surface area contributed by atoms with Crippen molar-refractivity contribution in [1.29, 1.82) is 0 Å². The summed E-state index contributed by atoms with van der Waals surface area (Å²) in [5, 5.41) is 5.25. The van der Waals surface area contributed by atoms with E-state index < -0.39 is 0 Å². The van der Waals surface area contributed by atoms with Gasteiger partial charge in [0.2, 0.25) is 11.8 Å². The standard InChI is InChI=1S/C35H38N4O2/c40-33(36-32-17-9-15-27-10-7-8-16-31(27)32)26-37-20-18-30(19-21-37)35(41)39-24-22-38(23-25-39)34(28-11-3-1-4-12-28)29-13-5-2-6-14-29/h1-17,30,34H,18-26H2,(H,36,40). The number of carbonyl (C=O) groups is 2. The predicted octanol–water partition coefficient (Wildman–Crippen LogP) is 5.42. The SMILES string of the molecule is O=C(CN1CCC(C(=O)N2CCN(C(c3ccccc3)c3ccccc3)CC2)CC1)Nc1cccc2ccccc12. The maximum absolute atomic E-state index is 13.5. The quantitative estimate of drug-likeness (QED) is 0.336. The second kappa shape index (κ2) is 12.7. The second-order valence-electron chi connectivity index (χ2n) is 11.2. The number of piperazine rings is 1. The average Bonchev–Trinajstić information content (AvgIpc) is 3.03. The van der Waals surface area contributed by atoms with Gasteiger partial charge < -0.3 is 10.2 Å². The molecule has 4 aromatic rings. The number of hydrogen-bond donors (Lipinski definition) is 1. The van der Waals surface area contributed by atoms with E-state index in [4.69, 9.17) is 0 Å². The minimum absolute atomic E-state index is 0.00589. The molecule has 6 rings (SSSR count). The number of piperidine rings is 1. The van der Waals surface area contributed by atoms with E-state index >= 15 is 0 Å². The number of nitrogens with zero attached hydrogens (tertiary/aromatic N) is 3. The van der Waals surface area contributed by atoms with Crippen LogP contribution in [0.4, 0.5) is 5.69 Å². The summed E-state index contributed by atoms with van der Waals surface area (Å²) in [6, 6.07) is 35.6. The Hall–Kier alpha value is -4.00. The Morgan fingerprint density at radius 2 is 1.27 bits per heavy atom. The van der Waals surface area contributed by atoms with Crippen LogP contribution in [0.1, 0.15) is 30.0 Å². The summed E-state index contributed by atoms with van der Waals surface area (Å²) in [4.78, 5) is 33.1. The number of amides is 2. The zero-order valence-electron chi connectivity index (χ0n) is 23.5. The number of likely N-dealkylation sites (tertiary alicyclic amines) is 1. The van der Waals surface area contributed by atoms with Crippen molar-refractivity contribution in [3.63, 3.8) is 0 Å². The van der Waals surface area contributed by atoms with Crippen molar-refractivity contribution in [3.8, 4) is 0 Å². The molecule has 6 nitrogen and oxygen atoms in total. The van der Waals surface area contributed by atoms with Gasteiger partial charge in [0.1, 0.15) is 0 Å². The highest BCUT2D eigenvalue weighted by atomic mass is 16.2. The number of anilines is 1. The Labute approximate surface area is 242 Å². The molecule has 2 aliphatic rings. The Balaban J connectivity index is 1.000. The zero-order chi connectivity index (χ0) is 28.0. The van der Waals surface area contributed by atoms with E-state index in [-0.39, 0.29) is 23.8 Å². The van der Waals surface area contributed by atoms with Crippen LogP contribution in [0.5, 0.6) is 0 Å². The molecule has 0 atom stereocenters. The van der Waals surface area contributed by atoms with Crippen LogP contribution in [0.2, 0.25) is 0 Å². The van der Waals surface area contributed by atoms with E-state index in [2.05, 4.69) is 92.8 Å². The second-order valence-corrected chi connectivity index (χ2v) is 11.2. The van der Waals surface area contributed by atoms with E-state index in [0.29, 0.717) is 6.54 Å². The van der Waals surface area contributed by atoms with Crippen molar-refractivity contribution in [2.75, 3.05) is 51.1 Å². The smallest absolute Gasteiger partial charge is 0.238 e. The topological polar surface area (TPSA) is 55.9 Å². The summed E-state index contributed by atoms with van der Waals surface area (Å²) < 4.78 is 0. The molecule has 0 unspecified atom stereocenters. The molecule has 41 heavy (non-hydrogen) atoms. The maximum Gasteiger partial charge on any atom is 0.238 e. The van der Waals surface area contributed by atoms with E-state index in [1.165, 1.54) is 11.1 Å². The molecule has 0 aliphatic carbocycles. The summed E-state index contributed by atoms with van der Waals surface area (Å²) in [5.74, 6) is 0.312. The minimum atomic E-state index is -0.00589. The lowest BCUT2D eigenvalue weighted by atomic mass is 9.94. The third-order valence-corrected chi connectivity index (χ3v) is 8.59. The Bertz CT molecular complexity index is 1410. The predicted molar refractivity (Wildman–Crippen MR) is 165 cm³/mol. The summed E-state index contributed by atoms with van der Waals surface area (Å²) in [6.07, 6.45) is 1.61. The molecule has 0 bridgehead atoms. The van der Waals surface area contributed by atoms with E-state index in [1.807, 2.05) is 30.3 Å². The first-order valence-electron chi connectivity index (χ1n) is 14.8. The first-order chi connectivity index (χ1) is 20.2. The van der Waals surface area contributed by atoms with Gasteiger partial charge in [0.25, 0.3) is 0 Å². The van der Waals surface area contributed by atoms with Gasteiger partial charge >= 0.3 is 0 Å². The lowest BCUT2D eigenvalue weighted by molar-refractivity contribution is -0.139. The largest absolute Gasteiger partial charge is 0.340 e. The number of hydrogen-bond acceptors (Lipinski definition) is 4. The maximum atomic E-state index is 13.5. The van der Waals surface area contributed by atoms with Crippen molar-refractivity contribution in [2.45, 2.75) is 18.9 Å². The lowest BCUT2D eigenvalue weighted by Gasteiger charge is -2.41. The number of benzene rings is 4. The monoisotopic (exact) mass is 546 g/mol. The molecule has 2 fully saturated rings. The molecule has 0 aromatic heterocycles. The summed E-state index contributed by atoms with van der Waals surface area (Å²) in [7, 11) is 0. The summed E-state index contributed by atoms with van der Waals surface area (Å²) in [5.41, 5.74) is 3.42. The van der Waals surface area contributed by atoms with Gasteiger partial charge in [-0.25, -0.2) is 0 Å². The third-order valence-electron chi connectivity index (χ3n) is 8.59. The molecule has 2 aliphatic heterocycles. The molecule has 0 saturated carbocycles. The molecule has 2 amide bonds. The van der Waals surface area contributed by atoms with Crippen molar-refractivity contribution in [3.05, 3.63) is 114 Å². The van der Waals surface area contributed by atoms with Crippen LogP contribution in [0.3, 0.4) is 0 Å². The van der Waals surface area contributed by atoms with Crippen molar-refractivity contribution in [1.82, 2.24) is 14.7 Å². The van der Waals surface area contributed by atoms with Gasteiger partial charge in [-0.15, -0.1) is 0 Å². The molecular formula is C35H38N4O2. The highest BCUT2D eigenvalue weighted by molar-refractivity contribution is 6.02. The zero-order valence-corrected chi connectivity index (χ0v) is 23.5. The molecular weight excluding hydrogens is 508 g/mol. The average molecular weight is 547 g/mol. The summed E-state index contributed by atoms with van der Waals surface area (Å²) >= 11 is 0. The molecule has 4 aromatic carbocycles. The Morgan fingerprint density at radius 3 is 1.93 bits per heavy atom. The Morgan fingerprint density at radius 1 is 0.683 bits per heavy atom. The minimum Gasteiger partial charge on any atom is -0.340 e.